The van der Waals surface area contributed by atoms with E-state index >= 15 is 0 Å². The molecule has 0 amide bonds. The Hall–Kier alpha value is -2.01. The highest BCUT2D eigenvalue weighted by Gasteiger charge is 2.07. The van der Waals surface area contributed by atoms with Crippen LogP contribution in [0.5, 0.6) is 5.75 Å². The molecule has 0 spiro atoms. The number of ether oxygens (including phenoxy) is 1. The highest BCUT2D eigenvalue weighted by atomic mass is 16.5. The highest BCUT2D eigenvalue weighted by molar-refractivity contribution is 5.51. The van der Waals surface area contributed by atoms with Crippen molar-refractivity contribution >= 4 is 5.69 Å². The summed E-state index contributed by atoms with van der Waals surface area (Å²) in [4.78, 5) is 0. The fraction of sp³-hybridized carbons (Fsp3) is 0.438. The van der Waals surface area contributed by atoms with Crippen LogP contribution in [-0.4, -0.2) is 27.5 Å². The number of aliphatic hydroxyl groups is 1. The predicted octanol–water partition coefficient (Wildman–Crippen LogP) is 2.66. The van der Waals surface area contributed by atoms with Crippen LogP contribution in [0.25, 0.3) is 0 Å². The molecule has 1 atom stereocenters. The van der Waals surface area contributed by atoms with Crippen molar-refractivity contribution in [1.82, 2.24) is 9.78 Å². The van der Waals surface area contributed by atoms with Crippen molar-refractivity contribution in [3.8, 4) is 5.75 Å². The average Bonchev–Trinajstić information content (AvgIpc) is 3.00. The van der Waals surface area contributed by atoms with Gasteiger partial charge < -0.3 is 15.2 Å². The van der Waals surface area contributed by atoms with Gasteiger partial charge in [0.25, 0.3) is 0 Å². The molecule has 1 aromatic heterocycles. The molecule has 0 aliphatic heterocycles. The molecule has 5 nitrogen and oxygen atoms in total. The lowest BCUT2D eigenvalue weighted by atomic mass is 10.1. The minimum absolute atomic E-state index is 0.0213. The molecule has 0 saturated heterocycles. The average molecular weight is 289 g/mol. The van der Waals surface area contributed by atoms with Crippen LogP contribution >= 0.6 is 0 Å². The zero-order chi connectivity index (χ0) is 15.1. The Bertz CT molecular complexity index is 540. The van der Waals surface area contributed by atoms with E-state index in [1.165, 1.54) is 0 Å². The molecule has 0 radical (unpaired) electrons. The van der Waals surface area contributed by atoms with Gasteiger partial charge in [-0.3, -0.25) is 4.68 Å². The lowest BCUT2D eigenvalue weighted by Gasteiger charge is -2.17. The van der Waals surface area contributed by atoms with Crippen LogP contribution in [-0.2, 0) is 13.2 Å². The molecule has 114 valence electrons. The standard InChI is InChI=1S/C16H23N3O2/c1-3-21-16-6-5-15(11-14(16)12-20)18-13(2)7-10-19-9-4-8-17-19/h4-6,8-9,11,13,18,20H,3,7,10,12H2,1-2H3. The van der Waals surface area contributed by atoms with Gasteiger partial charge in [-0.2, -0.15) is 5.10 Å². The fourth-order valence-corrected chi connectivity index (χ4v) is 2.20. The zero-order valence-electron chi connectivity index (χ0n) is 12.6. The summed E-state index contributed by atoms with van der Waals surface area (Å²) in [6.07, 6.45) is 4.73. The van der Waals surface area contributed by atoms with Gasteiger partial charge in [-0.25, -0.2) is 0 Å². The number of aliphatic hydroxyl groups excluding tert-OH is 1. The second-order valence-electron chi connectivity index (χ2n) is 5.02. The summed E-state index contributed by atoms with van der Waals surface area (Å²) in [5.74, 6) is 0.745. The molecule has 0 saturated carbocycles. The Balaban J connectivity index is 1.92. The molecule has 5 heteroatoms. The van der Waals surface area contributed by atoms with Crippen LogP contribution in [0, 0.1) is 0 Å². The van der Waals surface area contributed by atoms with Gasteiger partial charge in [0.15, 0.2) is 0 Å². The number of benzene rings is 1. The minimum atomic E-state index is -0.0213. The number of hydrogen-bond acceptors (Lipinski definition) is 4. The lowest BCUT2D eigenvalue weighted by molar-refractivity contribution is 0.267. The Labute approximate surface area is 125 Å². The maximum atomic E-state index is 9.41. The molecular formula is C16H23N3O2. The van der Waals surface area contributed by atoms with Gasteiger partial charge in [-0.05, 0) is 44.5 Å². The molecule has 0 aliphatic rings. The molecule has 2 rings (SSSR count). The molecular weight excluding hydrogens is 266 g/mol. The molecule has 2 aromatic rings. The molecule has 21 heavy (non-hydrogen) atoms. The summed E-state index contributed by atoms with van der Waals surface area (Å²) in [5.41, 5.74) is 1.80. The molecule has 0 bridgehead atoms. The topological polar surface area (TPSA) is 59.3 Å². The van der Waals surface area contributed by atoms with E-state index in [4.69, 9.17) is 4.74 Å². The van der Waals surface area contributed by atoms with Gasteiger partial charge in [-0.15, -0.1) is 0 Å². The number of aromatic nitrogens is 2. The van der Waals surface area contributed by atoms with Crippen molar-refractivity contribution in [2.45, 2.75) is 39.5 Å². The van der Waals surface area contributed by atoms with E-state index in [1.807, 2.05) is 42.1 Å². The summed E-state index contributed by atoms with van der Waals surface area (Å²) >= 11 is 0. The summed E-state index contributed by atoms with van der Waals surface area (Å²) in [5, 5.41) is 17.0. The molecule has 1 aromatic carbocycles. The quantitative estimate of drug-likeness (QED) is 0.784. The number of nitrogens with zero attached hydrogens (tertiary/aromatic N) is 2. The van der Waals surface area contributed by atoms with E-state index in [2.05, 4.69) is 17.3 Å². The Morgan fingerprint density at radius 2 is 2.29 bits per heavy atom. The lowest BCUT2D eigenvalue weighted by Crippen LogP contribution is -2.18. The summed E-state index contributed by atoms with van der Waals surface area (Å²) in [7, 11) is 0. The number of aryl methyl sites for hydroxylation is 1. The zero-order valence-corrected chi connectivity index (χ0v) is 12.6. The van der Waals surface area contributed by atoms with Crippen LogP contribution in [0.1, 0.15) is 25.8 Å². The van der Waals surface area contributed by atoms with E-state index in [1.54, 1.807) is 6.20 Å². The smallest absolute Gasteiger partial charge is 0.124 e. The first-order chi connectivity index (χ1) is 10.2. The second kappa shape index (κ2) is 7.69. The third-order valence-electron chi connectivity index (χ3n) is 3.29. The number of hydrogen-bond donors (Lipinski definition) is 2. The summed E-state index contributed by atoms with van der Waals surface area (Å²) < 4.78 is 7.41. The largest absolute Gasteiger partial charge is 0.494 e. The van der Waals surface area contributed by atoms with Crippen LogP contribution in [0.3, 0.4) is 0 Å². The maximum absolute atomic E-state index is 9.41. The molecule has 0 fully saturated rings. The first-order valence-electron chi connectivity index (χ1n) is 7.33. The van der Waals surface area contributed by atoms with Gasteiger partial charge in [0, 0.05) is 36.2 Å². The van der Waals surface area contributed by atoms with Crippen molar-refractivity contribution in [1.29, 1.82) is 0 Å². The first-order valence-corrected chi connectivity index (χ1v) is 7.33. The Morgan fingerprint density at radius 3 is 2.95 bits per heavy atom. The third kappa shape index (κ3) is 4.49. The van der Waals surface area contributed by atoms with Crippen LogP contribution in [0.4, 0.5) is 5.69 Å². The van der Waals surface area contributed by atoms with Gasteiger partial charge in [0.05, 0.1) is 13.2 Å². The predicted molar refractivity (Wildman–Crippen MR) is 83.5 cm³/mol. The monoisotopic (exact) mass is 289 g/mol. The second-order valence-corrected chi connectivity index (χ2v) is 5.02. The van der Waals surface area contributed by atoms with E-state index < -0.39 is 0 Å². The van der Waals surface area contributed by atoms with Gasteiger partial charge in [0.1, 0.15) is 5.75 Å². The minimum Gasteiger partial charge on any atom is -0.494 e. The van der Waals surface area contributed by atoms with E-state index in [9.17, 15) is 5.11 Å². The van der Waals surface area contributed by atoms with Crippen molar-refractivity contribution in [2.75, 3.05) is 11.9 Å². The van der Waals surface area contributed by atoms with Crippen LogP contribution in [0.2, 0.25) is 0 Å². The van der Waals surface area contributed by atoms with Gasteiger partial charge in [-0.1, -0.05) is 0 Å². The fourth-order valence-electron chi connectivity index (χ4n) is 2.20. The molecule has 1 unspecified atom stereocenters. The van der Waals surface area contributed by atoms with Crippen molar-refractivity contribution in [3.63, 3.8) is 0 Å². The SMILES string of the molecule is CCOc1ccc(NC(C)CCn2cccn2)cc1CO. The van der Waals surface area contributed by atoms with Crippen LogP contribution in [0.15, 0.2) is 36.7 Å². The Kier molecular flexibility index (Phi) is 5.63. The number of anilines is 1. The first kappa shape index (κ1) is 15.4. The summed E-state index contributed by atoms with van der Waals surface area (Å²) in [6, 6.07) is 8.07. The van der Waals surface area contributed by atoms with Crippen molar-refractivity contribution < 1.29 is 9.84 Å². The van der Waals surface area contributed by atoms with E-state index in [0.29, 0.717) is 12.6 Å². The van der Waals surface area contributed by atoms with E-state index in [0.717, 1.165) is 30.0 Å². The van der Waals surface area contributed by atoms with Crippen LogP contribution < -0.4 is 10.1 Å². The summed E-state index contributed by atoms with van der Waals surface area (Å²) in [6.45, 7) is 5.53. The van der Waals surface area contributed by atoms with E-state index in [-0.39, 0.29) is 6.61 Å². The van der Waals surface area contributed by atoms with Gasteiger partial charge in [0.2, 0.25) is 0 Å². The third-order valence-corrected chi connectivity index (χ3v) is 3.29. The van der Waals surface area contributed by atoms with Gasteiger partial charge >= 0.3 is 0 Å². The van der Waals surface area contributed by atoms with Crippen molar-refractivity contribution in [2.24, 2.45) is 0 Å². The Morgan fingerprint density at radius 1 is 1.43 bits per heavy atom. The number of rotatable bonds is 8. The highest BCUT2D eigenvalue weighted by Crippen LogP contribution is 2.23. The molecule has 2 N–H and O–H groups in total. The molecule has 0 aliphatic carbocycles. The number of nitrogens with one attached hydrogen (secondary N) is 1. The maximum Gasteiger partial charge on any atom is 0.124 e. The molecule has 1 heterocycles. The van der Waals surface area contributed by atoms with Crippen molar-refractivity contribution in [3.05, 3.63) is 42.2 Å². The normalized spacial score (nSPS) is 12.1.